The topological polar surface area (TPSA) is 237 Å². The number of unbranched alkanes of at least 4 members (excludes halogenated alkanes) is 39. The fourth-order valence-electron chi connectivity index (χ4n) is 11.2. The zero-order valence-electron chi connectivity index (χ0n) is 60.7. The van der Waals surface area contributed by atoms with Gasteiger partial charge in [-0.2, -0.15) is 0 Å². The normalized spacial score (nSPS) is 14.4. The Morgan fingerprint density at radius 3 is 0.817 bits per heavy atom. The molecule has 0 aromatic heterocycles. The van der Waals surface area contributed by atoms with E-state index < -0.39 is 97.5 Å². The number of rotatable bonds is 72. The van der Waals surface area contributed by atoms with Gasteiger partial charge in [-0.15, -0.1) is 0 Å². The number of esters is 4. The minimum Gasteiger partial charge on any atom is -0.462 e. The Morgan fingerprint density at radius 1 is 0.312 bits per heavy atom. The van der Waals surface area contributed by atoms with Crippen molar-refractivity contribution in [3.05, 3.63) is 0 Å². The van der Waals surface area contributed by atoms with Crippen LogP contribution in [0.5, 0.6) is 0 Å². The first kappa shape index (κ1) is 91.1. The monoisotopic (exact) mass is 1370 g/mol. The zero-order chi connectivity index (χ0) is 68.7. The summed E-state index contributed by atoms with van der Waals surface area (Å²) < 4.78 is 68.3. The second-order valence-electron chi connectivity index (χ2n) is 27.9. The average molecular weight is 1370 g/mol. The summed E-state index contributed by atoms with van der Waals surface area (Å²) in [4.78, 5) is 72.6. The van der Waals surface area contributed by atoms with E-state index in [0.717, 1.165) is 102 Å². The van der Waals surface area contributed by atoms with Gasteiger partial charge in [0.15, 0.2) is 12.2 Å². The smallest absolute Gasteiger partial charge is 0.462 e. The van der Waals surface area contributed by atoms with Gasteiger partial charge in [-0.1, -0.05) is 325 Å². The number of carbonyl (C=O) groups is 4. The number of hydrogen-bond donors (Lipinski definition) is 3. The van der Waals surface area contributed by atoms with Gasteiger partial charge in [-0.3, -0.25) is 37.3 Å². The summed E-state index contributed by atoms with van der Waals surface area (Å²) in [7, 11) is -9.90. The first-order chi connectivity index (χ1) is 44.8. The fourth-order valence-corrected chi connectivity index (χ4v) is 12.8. The van der Waals surface area contributed by atoms with E-state index >= 15 is 0 Å². The molecule has 0 aliphatic carbocycles. The third-order valence-corrected chi connectivity index (χ3v) is 19.4. The van der Waals surface area contributed by atoms with E-state index in [9.17, 15) is 43.2 Å². The molecule has 19 heteroatoms. The molecule has 0 rings (SSSR count). The summed E-state index contributed by atoms with van der Waals surface area (Å²) in [5, 5.41) is 10.6. The number of aliphatic hydroxyl groups excluding tert-OH is 1. The van der Waals surface area contributed by atoms with E-state index in [1.54, 1.807) is 0 Å². The third kappa shape index (κ3) is 67.0. The maximum Gasteiger partial charge on any atom is 0.472 e. The van der Waals surface area contributed by atoms with Crippen LogP contribution >= 0.6 is 15.6 Å². The minimum absolute atomic E-state index is 0.102. The number of phosphoric ester groups is 2. The number of ether oxygens (including phenoxy) is 4. The Kier molecular flexibility index (Phi) is 63.4. The quantitative estimate of drug-likeness (QED) is 0.0222. The minimum atomic E-state index is -4.96. The lowest BCUT2D eigenvalue weighted by molar-refractivity contribution is -0.161. The average Bonchev–Trinajstić information content (AvgIpc) is 3.66. The zero-order valence-corrected chi connectivity index (χ0v) is 62.5. The molecule has 3 unspecified atom stereocenters. The van der Waals surface area contributed by atoms with Crippen LogP contribution in [-0.2, 0) is 65.4 Å². The number of hydrogen-bond acceptors (Lipinski definition) is 15. The lowest BCUT2D eigenvalue weighted by Crippen LogP contribution is -2.30. The highest BCUT2D eigenvalue weighted by molar-refractivity contribution is 7.47. The highest BCUT2D eigenvalue weighted by Crippen LogP contribution is 2.45. The van der Waals surface area contributed by atoms with E-state index in [0.29, 0.717) is 37.5 Å². The molecule has 0 spiro atoms. The van der Waals surface area contributed by atoms with Crippen molar-refractivity contribution in [2.24, 2.45) is 17.8 Å². The summed E-state index contributed by atoms with van der Waals surface area (Å²) in [6, 6.07) is 0. The van der Waals surface area contributed by atoms with Gasteiger partial charge in [0.2, 0.25) is 0 Å². The second-order valence-corrected chi connectivity index (χ2v) is 30.8. The Balaban J connectivity index is 5.16. The third-order valence-electron chi connectivity index (χ3n) is 17.5. The maximum atomic E-state index is 13.1. The number of phosphoric acid groups is 2. The lowest BCUT2D eigenvalue weighted by atomic mass is 9.99. The largest absolute Gasteiger partial charge is 0.472 e. The van der Waals surface area contributed by atoms with Crippen LogP contribution in [0.1, 0.15) is 376 Å². The number of aliphatic hydroxyl groups is 1. The van der Waals surface area contributed by atoms with Crippen LogP contribution in [0, 0.1) is 17.8 Å². The Hall–Kier alpha value is -1.94. The molecule has 0 saturated heterocycles. The van der Waals surface area contributed by atoms with Gasteiger partial charge in [0.1, 0.15) is 19.3 Å². The summed E-state index contributed by atoms with van der Waals surface area (Å²) in [6.45, 7) is 11.7. The molecule has 0 bridgehead atoms. The molecule has 17 nitrogen and oxygen atoms in total. The molecule has 3 N–H and O–H groups in total. The molecule has 0 fully saturated rings. The van der Waals surface area contributed by atoms with Crippen LogP contribution < -0.4 is 0 Å². The van der Waals surface area contributed by atoms with E-state index in [2.05, 4.69) is 48.5 Å². The van der Waals surface area contributed by atoms with Gasteiger partial charge < -0.3 is 33.8 Å². The van der Waals surface area contributed by atoms with Gasteiger partial charge >= 0.3 is 39.5 Å². The van der Waals surface area contributed by atoms with Crippen LogP contribution in [0.15, 0.2) is 0 Å². The maximum absolute atomic E-state index is 13.1. The van der Waals surface area contributed by atoms with Gasteiger partial charge in [0, 0.05) is 25.7 Å². The van der Waals surface area contributed by atoms with E-state index in [-0.39, 0.29) is 25.7 Å². The molecule has 552 valence electrons. The van der Waals surface area contributed by atoms with Crippen molar-refractivity contribution in [3.63, 3.8) is 0 Å². The predicted octanol–water partition coefficient (Wildman–Crippen LogP) is 21.4. The molecule has 0 heterocycles. The molecule has 0 amide bonds. The van der Waals surface area contributed by atoms with E-state index in [1.807, 2.05) is 0 Å². The fraction of sp³-hybridized carbons (Fsp3) is 0.946. The van der Waals surface area contributed by atoms with Crippen LogP contribution in [0.2, 0.25) is 0 Å². The predicted molar refractivity (Wildman–Crippen MR) is 377 cm³/mol. The molecule has 0 radical (unpaired) electrons. The van der Waals surface area contributed by atoms with Crippen molar-refractivity contribution < 1.29 is 80.2 Å². The summed E-state index contributed by atoms with van der Waals surface area (Å²) in [6.07, 6.45) is 50.5. The Morgan fingerprint density at radius 2 is 0.548 bits per heavy atom. The van der Waals surface area contributed by atoms with Crippen LogP contribution in [0.3, 0.4) is 0 Å². The van der Waals surface area contributed by atoms with E-state index in [4.69, 9.17) is 37.0 Å². The molecule has 6 atom stereocenters. The van der Waals surface area contributed by atoms with Crippen molar-refractivity contribution in [2.45, 2.75) is 394 Å². The SMILES string of the molecule is CCCCCCCCCCCCCCCCCCCCCCCCC(=O)O[C@H](COC(=O)CCCCCCCCCCC(C)CC)COP(=O)(O)OC[C@@H](O)COP(=O)(O)OC[C@@H](COC(=O)CCCCCCCCC(C)C)OC(=O)CCCCCCCCCC(C)C. The van der Waals surface area contributed by atoms with Gasteiger partial charge in [0.05, 0.1) is 26.4 Å². The van der Waals surface area contributed by atoms with Crippen molar-refractivity contribution in [1.29, 1.82) is 0 Å². The summed E-state index contributed by atoms with van der Waals surface area (Å²) in [5.74, 6) is 0.0240. The summed E-state index contributed by atoms with van der Waals surface area (Å²) >= 11 is 0. The van der Waals surface area contributed by atoms with Crippen LogP contribution in [0.4, 0.5) is 0 Å². The molecule has 0 aromatic rings. The molecule has 0 aliphatic rings. The van der Waals surface area contributed by atoms with Gasteiger partial charge in [0.25, 0.3) is 0 Å². The number of carbonyl (C=O) groups excluding carboxylic acids is 4. The van der Waals surface area contributed by atoms with Gasteiger partial charge in [-0.05, 0) is 43.4 Å². The molecule has 93 heavy (non-hydrogen) atoms. The van der Waals surface area contributed by atoms with E-state index in [1.165, 1.54) is 180 Å². The van der Waals surface area contributed by atoms with Crippen molar-refractivity contribution >= 4 is 39.5 Å². The van der Waals surface area contributed by atoms with Gasteiger partial charge in [-0.25, -0.2) is 9.13 Å². The molecular weight excluding hydrogens is 1220 g/mol. The first-order valence-corrected chi connectivity index (χ1v) is 41.4. The van der Waals surface area contributed by atoms with Crippen LogP contribution in [0.25, 0.3) is 0 Å². The molecule has 0 aromatic carbocycles. The first-order valence-electron chi connectivity index (χ1n) is 38.4. The van der Waals surface area contributed by atoms with Crippen molar-refractivity contribution in [1.82, 2.24) is 0 Å². The Labute approximate surface area is 568 Å². The Bertz CT molecular complexity index is 1820. The highest BCUT2D eigenvalue weighted by Gasteiger charge is 2.30. The van der Waals surface area contributed by atoms with Crippen molar-refractivity contribution in [2.75, 3.05) is 39.6 Å². The summed E-state index contributed by atoms with van der Waals surface area (Å²) in [5.41, 5.74) is 0. The molecule has 0 saturated carbocycles. The molecular formula is C74H144O17P2. The lowest BCUT2D eigenvalue weighted by Gasteiger charge is -2.21. The second kappa shape index (κ2) is 64.7. The standard InChI is InChI=1S/C74H144O17P2/c1-8-10-11-12-13-14-15-16-17-18-19-20-21-22-23-24-25-26-27-34-43-50-57-73(78)90-69(61-84-71(76)55-48-41-33-29-28-32-40-47-54-67(7)9-2)63-88-92(80,81)86-59-68(75)60-87-93(82,83)89-64-70(62-85-72(77)56-49-42-37-36-39-46-53-66(5)6)91-74(79)58-51-44-35-30-31-38-45-52-65(3)4/h65-70,75H,8-64H2,1-7H3,(H,80,81)(H,82,83)/t67?,68-,69-,70-/m1/s1. The van der Waals surface area contributed by atoms with Crippen LogP contribution in [-0.4, -0.2) is 96.7 Å². The molecule has 0 aliphatic heterocycles. The highest BCUT2D eigenvalue weighted by atomic mass is 31.2. The van der Waals surface area contributed by atoms with Crippen molar-refractivity contribution in [3.8, 4) is 0 Å².